The number of methoxy groups -OCH3 is 1. The van der Waals surface area contributed by atoms with Crippen LogP contribution >= 0.6 is 0 Å². The number of para-hydroxylation sites is 1. The standard InChI is InChI=1S/C22H27N3O3/c1-4-13-25(14-5-2)21(26)17-19-22(27)23-12-16-24(19)15-8-10-18-9-6-7-11-20(18)28-3/h1,5-11,19H,2,12-17H2,3H3,(H,23,27)/b10-8+/t19-/m0/s1. The highest BCUT2D eigenvalue weighted by atomic mass is 16.5. The van der Waals surface area contributed by atoms with Gasteiger partial charge in [0, 0.05) is 31.7 Å². The minimum Gasteiger partial charge on any atom is -0.496 e. The lowest BCUT2D eigenvalue weighted by Gasteiger charge is -2.34. The van der Waals surface area contributed by atoms with Gasteiger partial charge in [0.05, 0.1) is 26.1 Å². The first-order valence-electron chi connectivity index (χ1n) is 9.24. The molecule has 1 saturated heterocycles. The summed E-state index contributed by atoms with van der Waals surface area (Å²) in [5, 5.41) is 2.84. The number of piperazine rings is 1. The molecule has 148 valence electrons. The van der Waals surface area contributed by atoms with Crippen molar-refractivity contribution in [2.75, 3.05) is 39.8 Å². The van der Waals surface area contributed by atoms with E-state index in [1.165, 1.54) is 4.90 Å². The van der Waals surface area contributed by atoms with Crippen molar-refractivity contribution < 1.29 is 14.3 Å². The molecule has 1 aliphatic rings. The van der Waals surface area contributed by atoms with Crippen LogP contribution in [-0.2, 0) is 9.59 Å². The van der Waals surface area contributed by atoms with E-state index in [1.807, 2.05) is 41.3 Å². The molecule has 0 radical (unpaired) electrons. The molecule has 0 bridgehead atoms. The summed E-state index contributed by atoms with van der Waals surface area (Å²) in [5.74, 6) is 2.98. The van der Waals surface area contributed by atoms with Gasteiger partial charge in [0.25, 0.3) is 0 Å². The van der Waals surface area contributed by atoms with Crippen LogP contribution in [0.4, 0.5) is 0 Å². The van der Waals surface area contributed by atoms with Gasteiger partial charge in [-0.15, -0.1) is 13.0 Å². The Hall–Kier alpha value is -3.04. The lowest BCUT2D eigenvalue weighted by molar-refractivity contribution is -0.137. The number of amides is 2. The largest absolute Gasteiger partial charge is 0.496 e. The maximum Gasteiger partial charge on any atom is 0.237 e. The Morgan fingerprint density at radius 1 is 1.50 bits per heavy atom. The number of carbonyl (C=O) groups excluding carboxylic acids is 2. The molecule has 0 unspecified atom stereocenters. The van der Waals surface area contributed by atoms with E-state index in [0.29, 0.717) is 26.2 Å². The molecule has 1 aliphatic heterocycles. The van der Waals surface area contributed by atoms with Crippen molar-refractivity contribution in [1.82, 2.24) is 15.1 Å². The SMILES string of the molecule is C#CCN(CC=C)C(=O)C[C@H]1C(=O)NCCN1C/C=C/c1ccccc1OC. The molecule has 0 saturated carbocycles. The van der Waals surface area contributed by atoms with Crippen LogP contribution in [0.15, 0.2) is 43.0 Å². The highest BCUT2D eigenvalue weighted by Crippen LogP contribution is 2.19. The first kappa shape index (κ1) is 21.3. The van der Waals surface area contributed by atoms with E-state index in [2.05, 4.69) is 17.8 Å². The first-order chi connectivity index (χ1) is 13.6. The van der Waals surface area contributed by atoms with Gasteiger partial charge in [-0.05, 0) is 6.07 Å². The second-order valence-electron chi connectivity index (χ2n) is 6.42. The number of rotatable bonds is 9. The van der Waals surface area contributed by atoms with Crippen molar-refractivity contribution in [3.8, 4) is 18.1 Å². The molecule has 1 aromatic carbocycles. The number of hydrogen-bond donors (Lipinski definition) is 1. The Labute approximate surface area is 166 Å². The lowest BCUT2D eigenvalue weighted by Crippen LogP contribution is -2.56. The van der Waals surface area contributed by atoms with Crippen molar-refractivity contribution in [2.45, 2.75) is 12.5 Å². The minimum absolute atomic E-state index is 0.0872. The van der Waals surface area contributed by atoms with Crippen LogP contribution in [0.2, 0.25) is 0 Å². The first-order valence-corrected chi connectivity index (χ1v) is 9.24. The predicted molar refractivity (Wildman–Crippen MR) is 111 cm³/mol. The zero-order chi connectivity index (χ0) is 20.4. The van der Waals surface area contributed by atoms with Crippen molar-refractivity contribution in [1.29, 1.82) is 0 Å². The molecular weight excluding hydrogens is 354 g/mol. The molecule has 1 heterocycles. The third-order valence-electron chi connectivity index (χ3n) is 4.57. The summed E-state index contributed by atoms with van der Waals surface area (Å²) in [6.45, 7) is 6.02. The Bertz CT molecular complexity index is 767. The molecule has 1 aromatic rings. The molecule has 2 rings (SSSR count). The van der Waals surface area contributed by atoms with Gasteiger partial charge in [0.15, 0.2) is 0 Å². The summed E-state index contributed by atoms with van der Waals surface area (Å²) < 4.78 is 5.35. The number of nitrogens with zero attached hydrogens (tertiary/aromatic N) is 2. The van der Waals surface area contributed by atoms with E-state index in [4.69, 9.17) is 11.2 Å². The molecule has 1 atom stereocenters. The average Bonchev–Trinajstić information content (AvgIpc) is 2.70. The zero-order valence-corrected chi connectivity index (χ0v) is 16.3. The zero-order valence-electron chi connectivity index (χ0n) is 16.3. The molecule has 1 fully saturated rings. The molecule has 6 nitrogen and oxygen atoms in total. The molecular formula is C22H27N3O3. The smallest absolute Gasteiger partial charge is 0.237 e. The summed E-state index contributed by atoms with van der Waals surface area (Å²) in [6.07, 6.45) is 11.0. The average molecular weight is 381 g/mol. The maximum absolute atomic E-state index is 12.6. The topological polar surface area (TPSA) is 61.9 Å². The van der Waals surface area contributed by atoms with E-state index in [1.54, 1.807) is 13.2 Å². The van der Waals surface area contributed by atoms with Crippen LogP contribution in [0.3, 0.4) is 0 Å². The van der Waals surface area contributed by atoms with Gasteiger partial charge in [-0.2, -0.15) is 0 Å². The summed E-state index contributed by atoms with van der Waals surface area (Å²) in [5.41, 5.74) is 0.963. The van der Waals surface area contributed by atoms with Gasteiger partial charge in [-0.1, -0.05) is 42.3 Å². The fraction of sp³-hybridized carbons (Fsp3) is 0.364. The van der Waals surface area contributed by atoms with E-state index in [-0.39, 0.29) is 24.8 Å². The number of hydrogen-bond acceptors (Lipinski definition) is 4. The maximum atomic E-state index is 12.6. The van der Waals surface area contributed by atoms with Crippen LogP contribution in [-0.4, -0.2) is 67.5 Å². The van der Waals surface area contributed by atoms with Crippen molar-refractivity contribution in [2.24, 2.45) is 0 Å². The highest BCUT2D eigenvalue weighted by molar-refractivity contribution is 5.89. The molecule has 1 N–H and O–H groups in total. The number of ether oxygens (including phenoxy) is 1. The van der Waals surface area contributed by atoms with E-state index < -0.39 is 6.04 Å². The van der Waals surface area contributed by atoms with Gasteiger partial charge in [-0.3, -0.25) is 14.5 Å². The summed E-state index contributed by atoms with van der Waals surface area (Å²) in [6, 6.07) is 7.20. The van der Waals surface area contributed by atoms with Crippen molar-refractivity contribution in [3.63, 3.8) is 0 Å². The third-order valence-corrected chi connectivity index (χ3v) is 4.57. The molecule has 6 heteroatoms. The van der Waals surface area contributed by atoms with Crippen molar-refractivity contribution in [3.05, 3.63) is 48.6 Å². The van der Waals surface area contributed by atoms with Gasteiger partial charge < -0.3 is 15.0 Å². The van der Waals surface area contributed by atoms with Crippen LogP contribution in [0, 0.1) is 12.3 Å². The monoisotopic (exact) mass is 381 g/mol. The summed E-state index contributed by atoms with van der Waals surface area (Å²) >= 11 is 0. The second kappa shape index (κ2) is 11.0. The lowest BCUT2D eigenvalue weighted by atomic mass is 10.1. The molecule has 28 heavy (non-hydrogen) atoms. The quantitative estimate of drug-likeness (QED) is 0.521. The fourth-order valence-electron chi connectivity index (χ4n) is 3.14. The van der Waals surface area contributed by atoms with E-state index in [0.717, 1.165) is 11.3 Å². The third kappa shape index (κ3) is 5.73. The number of terminal acetylenes is 1. The van der Waals surface area contributed by atoms with Crippen LogP contribution in [0.5, 0.6) is 5.75 Å². The minimum atomic E-state index is -0.520. The predicted octanol–water partition coefficient (Wildman–Crippen LogP) is 1.55. The normalized spacial score (nSPS) is 17.0. The summed E-state index contributed by atoms with van der Waals surface area (Å²) in [7, 11) is 1.63. The highest BCUT2D eigenvalue weighted by Gasteiger charge is 2.32. The number of benzene rings is 1. The van der Waals surface area contributed by atoms with E-state index in [9.17, 15) is 9.59 Å². The van der Waals surface area contributed by atoms with Gasteiger partial charge in [0.1, 0.15) is 5.75 Å². The fourth-order valence-corrected chi connectivity index (χ4v) is 3.14. The Morgan fingerprint density at radius 3 is 3.00 bits per heavy atom. The Morgan fingerprint density at radius 2 is 2.29 bits per heavy atom. The second-order valence-corrected chi connectivity index (χ2v) is 6.42. The van der Waals surface area contributed by atoms with Crippen LogP contribution < -0.4 is 10.1 Å². The van der Waals surface area contributed by atoms with Gasteiger partial charge in [0.2, 0.25) is 11.8 Å². The van der Waals surface area contributed by atoms with Crippen LogP contribution in [0.25, 0.3) is 6.08 Å². The number of nitrogens with one attached hydrogen (secondary N) is 1. The van der Waals surface area contributed by atoms with Gasteiger partial charge >= 0.3 is 0 Å². The molecule has 2 amide bonds. The van der Waals surface area contributed by atoms with Crippen LogP contribution in [0.1, 0.15) is 12.0 Å². The molecule has 0 aliphatic carbocycles. The summed E-state index contributed by atoms with van der Waals surface area (Å²) in [4.78, 5) is 28.5. The van der Waals surface area contributed by atoms with E-state index >= 15 is 0 Å². The Kier molecular flexibility index (Phi) is 8.32. The van der Waals surface area contributed by atoms with Crippen molar-refractivity contribution >= 4 is 17.9 Å². The number of carbonyl (C=O) groups is 2. The Balaban J connectivity index is 2.06. The van der Waals surface area contributed by atoms with Gasteiger partial charge in [-0.25, -0.2) is 0 Å². The molecule has 0 aromatic heterocycles. The molecule has 0 spiro atoms.